The topological polar surface area (TPSA) is 93.2 Å². The summed E-state index contributed by atoms with van der Waals surface area (Å²) in [6.07, 6.45) is -14.0. The monoisotopic (exact) mass is 428 g/mol. The first-order valence-corrected chi connectivity index (χ1v) is 6.35. The summed E-state index contributed by atoms with van der Waals surface area (Å²) in [7, 11) is 0. The number of alkyl halides is 9. The Morgan fingerprint density at radius 1 is 0.857 bits per heavy atom. The van der Waals surface area contributed by atoms with Crippen molar-refractivity contribution in [2.45, 2.75) is 25.5 Å². The van der Waals surface area contributed by atoms with Gasteiger partial charge in [-0.05, 0) is 12.1 Å². The van der Waals surface area contributed by atoms with Gasteiger partial charge in [-0.1, -0.05) is 0 Å². The second-order valence-electron chi connectivity index (χ2n) is 4.23. The Balaban J connectivity index is 0. The number of nitrogens with one attached hydrogen (secondary N) is 1. The number of nitrogens with zero attached hydrogens (tertiary/aromatic N) is 1. The van der Waals surface area contributed by atoms with Gasteiger partial charge in [0.05, 0.1) is 0 Å². The molecule has 1 amide bonds. The number of amides is 1. The Kier molecular flexibility index (Phi) is 10.7. The average Bonchev–Trinajstić information content (AvgIpc) is 2.52. The van der Waals surface area contributed by atoms with Crippen molar-refractivity contribution in [3.8, 4) is 0 Å². The SMILES string of the molecule is CC(=O)Nc1ccncc1.O=C(C(=O)C(F)(F)F)C(F)(F)F.O=CC(F)(F)F. The van der Waals surface area contributed by atoms with Crippen LogP contribution in [0.2, 0.25) is 0 Å². The number of carbonyl (C=O) groups excluding carboxylic acids is 4. The van der Waals surface area contributed by atoms with Gasteiger partial charge in [-0.25, -0.2) is 0 Å². The fourth-order valence-corrected chi connectivity index (χ4v) is 0.896. The van der Waals surface area contributed by atoms with Crippen molar-refractivity contribution >= 4 is 29.4 Å². The summed E-state index contributed by atoms with van der Waals surface area (Å²) >= 11 is 0. The number of ketones is 2. The van der Waals surface area contributed by atoms with Crippen molar-refractivity contribution in [3.63, 3.8) is 0 Å². The van der Waals surface area contributed by atoms with Gasteiger partial charge in [-0.15, -0.1) is 0 Å². The minimum atomic E-state index is -5.77. The van der Waals surface area contributed by atoms with Crippen molar-refractivity contribution in [3.05, 3.63) is 24.5 Å². The third-order valence-electron chi connectivity index (χ3n) is 1.86. The zero-order valence-corrected chi connectivity index (χ0v) is 13.4. The van der Waals surface area contributed by atoms with Gasteiger partial charge in [0.25, 0.3) is 0 Å². The molecule has 0 unspecified atom stereocenters. The van der Waals surface area contributed by atoms with Crippen LogP contribution in [0, 0.1) is 0 Å². The lowest BCUT2D eigenvalue weighted by Gasteiger charge is -2.05. The predicted octanol–water partition coefficient (Wildman–Crippen LogP) is 3.04. The molecule has 6 nitrogen and oxygen atoms in total. The molecular formula is C13H9F9N2O4. The Labute approximate surface area is 149 Å². The highest BCUT2D eigenvalue weighted by atomic mass is 19.4. The maximum atomic E-state index is 11.2. The van der Waals surface area contributed by atoms with E-state index in [4.69, 9.17) is 4.79 Å². The Morgan fingerprint density at radius 2 is 1.18 bits per heavy atom. The van der Waals surface area contributed by atoms with E-state index in [0.717, 1.165) is 5.69 Å². The van der Waals surface area contributed by atoms with E-state index in [2.05, 4.69) is 10.3 Å². The first kappa shape index (κ1) is 27.2. The molecule has 0 saturated heterocycles. The van der Waals surface area contributed by atoms with E-state index >= 15 is 0 Å². The molecule has 0 spiro atoms. The van der Waals surface area contributed by atoms with Gasteiger partial charge in [0.1, 0.15) is 0 Å². The Hall–Kier alpha value is -3.00. The highest BCUT2D eigenvalue weighted by Gasteiger charge is 2.54. The molecule has 1 aromatic heterocycles. The van der Waals surface area contributed by atoms with Gasteiger partial charge in [0.2, 0.25) is 12.2 Å². The number of pyridine rings is 1. The first-order valence-electron chi connectivity index (χ1n) is 6.35. The molecule has 1 heterocycles. The maximum Gasteiger partial charge on any atom is 0.458 e. The van der Waals surface area contributed by atoms with Gasteiger partial charge in [-0.2, -0.15) is 39.5 Å². The highest BCUT2D eigenvalue weighted by molar-refractivity contribution is 6.41. The second-order valence-corrected chi connectivity index (χ2v) is 4.23. The van der Waals surface area contributed by atoms with Gasteiger partial charge in [0, 0.05) is 25.0 Å². The molecule has 0 saturated carbocycles. The molecule has 158 valence electrons. The van der Waals surface area contributed by atoms with Crippen molar-refractivity contribution in [1.82, 2.24) is 4.98 Å². The van der Waals surface area contributed by atoms with E-state index < -0.39 is 36.4 Å². The summed E-state index contributed by atoms with van der Waals surface area (Å²) < 4.78 is 98.2. The minimum absolute atomic E-state index is 0.0637. The molecule has 1 rings (SSSR count). The van der Waals surface area contributed by atoms with E-state index in [1.807, 2.05) is 0 Å². The zero-order chi connectivity index (χ0) is 22.8. The van der Waals surface area contributed by atoms with Crippen LogP contribution in [0.1, 0.15) is 6.92 Å². The molecule has 0 aromatic carbocycles. The fraction of sp³-hybridized carbons (Fsp3) is 0.308. The number of halogens is 9. The van der Waals surface area contributed by atoms with Gasteiger partial charge >= 0.3 is 30.1 Å². The van der Waals surface area contributed by atoms with Crippen LogP contribution in [0.15, 0.2) is 24.5 Å². The van der Waals surface area contributed by atoms with E-state index in [9.17, 15) is 53.9 Å². The van der Waals surface area contributed by atoms with Crippen LogP contribution in [-0.2, 0) is 19.2 Å². The fourth-order valence-electron chi connectivity index (χ4n) is 0.896. The molecule has 0 atom stereocenters. The zero-order valence-electron chi connectivity index (χ0n) is 13.4. The molecule has 0 aliphatic rings. The van der Waals surface area contributed by atoms with Crippen LogP contribution < -0.4 is 5.32 Å². The van der Waals surface area contributed by atoms with Crippen molar-refractivity contribution in [1.29, 1.82) is 0 Å². The highest BCUT2D eigenvalue weighted by Crippen LogP contribution is 2.24. The van der Waals surface area contributed by atoms with Crippen molar-refractivity contribution in [2.75, 3.05) is 5.32 Å². The lowest BCUT2D eigenvalue weighted by molar-refractivity contribution is -0.193. The minimum Gasteiger partial charge on any atom is -0.326 e. The second kappa shape index (κ2) is 11.0. The van der Waals surface area contributed by atoms with Crippen LogP contribution in [0.3, 0.4) is 0 Å². The quantitative estimate of drug-likeness (QED) is 0.444. The lowest BCUT2D eigenvalue weighted by atomic mass is 10.2. The molecule has 0 bridgehead atoms. The number of anilines is 1. The van der Waals surface area contributed by atoms with Gasteiger partial charge in [0.15, 0.2) is 0 Å². The number of carbonyl (C=O) groups is 4. The van der Waals surface area contributed by atoms with E-state index in [0.29, 0.717) is 0 Å². The maximum absolute atomic E-state index is 11.2. The molecule has 1 aromatic rings. The Morgan fingerprint density at radius 3 is 1.39 bits per heavy atom. The molecule has 28 heavy (non-hydrogen) atoms. The number of aromatic nitrogens is 1. The summed E-state index contributed by atoms with van der Waals surface area (Å²) in [6.45, 7) is 1.47. The van der Waals surface area contributed by atoms with Crippen molar-refractivity contribution < 1.29 is 58.7 Å². The van der Waals surface area contributed by atoms with E-state index in [1.54, 1.807) is 24.5 Å². The standard InChI is InChI=1S/C7H8N2O.C4F6O2.C2HF3O/c1-6(10)9-7-2-4-8-5-3-7;5-3(6,7)1(11)2(12)4(8,9)10;3-2(4,5)1-6/h2-5H,1H3,(H,8,9,10);;1H. The summed E-state index contributed by atoms with van der Waals surface area (Å²) in [5, 5.41) is 2.63. The normalized spacial score (nSPS) is 11.1. The van der Waals surface area contributed by atoms with Gasteiger partial charge < -0.3 is 5.32 Å². The molecular weight excluding hydrogens is 419 g/mol. The van der Waals surface area contributed by atoms with E-state index in [1.165, 1.54) is 6.92 Å². The van der Waals surface area contributed by atoms with Crippen LogP contribution >= 0.6 is 0 Å². The summed E-state index contributed by atoms with van der Waals surface area (Å²) in [4.78, 5) is 42.2. The Bertz CT molecular complexity index is 643. The predicted molar refractivity (Wildman–Crippen MR) is 72.8 cm³/mol. The average molecular weight is 428 g/mol. The molecule has 0 aliphatic heterocycles. The number of rotatable bonds is 2. The molecule has 0 radical (unpaired) electrons. The largest absolute Gasteiger partial charge is 0.458 e. The van der Waals surface area contributed by atoms with E-state index in [-0.39, 0.29) is 5.91 Å². The van der Waals surface area contributed by atoms with Crippen LogP contribution in [0.25, 0.3) is 0 Å². The van der Waals surface area contributed by atoms with Crippen LogP contribution in [0.5, 0.6) is 0 Å². The molecule has 0 fully saturated rings. The number of aldehydes is 1. The lowest BCUT2D eigenvalue weighted by Crippen LogP contribution is -2.39. The molecule has 15 heteroatoms. The van der Waals surface area contributed by atoms with Crippen LogP contribution in [-0.4, -0.2) is 47.3 Å². The third-order valence-corrected chi connectivity index (χ3v) is 1.86. The summed E-state index contributed by atoms with van der Waals surface area (Å²) in [6, 6.07) is 3.47. The summed E-state index contributed by atoms with van der Waals surface area (Å²) in [5.74, 6) is -6.88. The third kappa shape index (κ3) is 14.2. The number of hydrogen-bond donors (Lipinski definition) is 1. The van der Waals surface area contributed by atoms with Crippen LogP contribution in [0.4, 0.5) is 45.2 Å². The molecule has 0 aliphatic carbocycles. The first-order chi connectivity index (χ1) is 12.4. The summed E-state index contributed by atoms with van der Waals surface area (Å²) in [5.41, 5.74) is 0.780. The van der Waals surface area contributed by atoms with Crippen molar-refractivity contribution in [2.24, 2.45) is 0 Å². The van der Waals surface area contributed by atoms with Gasteiger partial charge in [-0.3, -0.25) is 24.2 Å². The number of hydrogen-bond acceptors (Lipinski definition) is 5. The number of Topliss-reactive ketones (excluding diaryl/α,β-unsaturated/α-hetero) is 2. The molecule has 1 N–H and O–H groups in total. The smallest absolute Gasteiger partial charge is 0.326 e.